The van der Waals surface area contributed by atoms with Gasteiger partial charge in [-0.25, -0.2) is 14.8 Å². The molecule has 200 valence electrons. The Bertz CT molecular complexity index is 1220. The molecule has 0 atom stereocenters. The lowest BCUT2D eigenvalue weighted by Gasteiger charge is -2.32. The van der Waals surface area contributed by atoms with Gasteiger partial charge >= 0.3 is 6.03 Å². The van der Waals surface area contributed by atoms with Crippen LogP contribution in [0.2, 0.25) is 0 Å². The molecule has 12 heteroatoms. The molecule has 2 fully saturated rings. The van der Waals surface area contributed by atoms with Gasteiger partial charge in [0.15, 0.2) is 6.29 Å². The van der Waals surface area contributed by atoms with Gasteiger partial charge in [-0.1, -0.05) is 6.07 Å². The maximum Gasteiger partial charge on any atom is 0.328 e. The van der Waals surface area contributed by atoms with E-state index in [-0.39, 0.29) is 29.8 Å². The Labute approximate surface area is 221 Å². The fraction of sp³-hybridized carbons (Fsp3) is 0.462. The van der Waals surface area contributed by atoms with Crippen molar-refractivity contribution in [3.63, 3.8) is 0 Å². The van der Waals surface area contributed by atoms with Crippen molar-refractivity contribution >= 4 is 35.5 Å². The largest absolute Gasteiger partial charge is 0.384 e. The van der Waals surface area contributed by atoms with E-state index in [1.165, 1.54) is 18.1 Å². The average molecular weight is 521 g/mol. The van der Waals surface area contributed by atoms with E-state index in [2.05, 4.69) is 26.7 Å². The highest BCUT2D eigenvalue weighted by atomic mass is 16.5. The molecule has 2 aromatic rings. The van der Waals surface area contributed by atoms with Crippen molar-refractivity contribution in [1.29, 1.82) is 5.26 Å². The third kappa shape index (κ3) is 6.62. The van der Waals surface area contributed by atoms with Crippen molar-refractivity contribution in [2.45, 2.75) is 19.4 Å². The fourth-order valence-corrected chi connectivity index (χ4v) is 4.38. The molecular formula is C26H32N8O4. The molecule has 2 aliphatic heterocycles. The Morgan fingerprint density at radius 1 is 1.32 bits per heavy atom. The Balaban J connectivity index is 1.41. The van der Waals surface area contributed by atoms with Crippen LogP contribution < -0.4 is 15.5 Å². The molecule has 0 aliphatic carbocycles. The Kier molecular flexibility index (Phi) is 8.83. The van der Waals surface area contributed by atoms with Gasteiger partial charge in [0.1, 0.15) is 23.4 Å². The molecule has 0 radical (unpaired) electrons. The molecule has 4 heterocycles. The van der Waals surface area contributed by atoms with Crippen LogP contribution in [0, 0.1) is 17.2 Å². The van der Waals surface area contributed by atoms with E-state index in [0.29, 0.717) is 48.7 Å². The molecule has 2 N–H and O–H groups in total. The summed E-state index contributed by atoms with van der Waals surface area (Å²) in [6.45, 7) is 4.10. The highest BCUT2D eigenvalue weighted by Crippen LogP contribution is 2.22. The molecule has 4 rings (SSSR count). The first-order chi connectivity index (χ1) is 18.4. The van der Waals surface area contributed by atoms with E-state index in [4.69, 9.17) is 4.74 Å². The number of ether oxygens (including phenoxy) is 1. The number of amides is 3. The average Bonchev–Trinajstić information content (AvgIpc) is 2.93. The predicted octanol–water partition coefficient (Wildman–Crippen LogP) is 1.94. The zero-order chi connectivity index (χ0) is 27.1. The SMILES string of the molecule is CN1CCN(Cc2ccc(N(C)C(=O)Nc3cc(NCC4CCOCC4)c(C#N)cn3)nc2C=O)C(=O)C1. The van der Waals surface area contributed by atoms with Crippen LogP contribution in [-0.2, 0) is 16.1 Å². The Morgan fingerprint density at radius 2 is 2.11 bits per heavy atom. The Hall–Kier alpha value is -4.08. The summed E-state index contributed by atoms with van der Waals surface area (Å²) >= 11 is 0. The quantitative estimate of drug-likeness (QED) is 0.499. The van der Waals surface area contributed by atoms with Crippen molar-refractivity contribution in [2.75, 3.05) is 69.0 Å². The second kappa shape index (κ2) is 12.4. The van der Waals surface area contributed by atoms with Gasteiger partial charge in [0.25, 0.3) is 0 Å². The molecule has 0 saturated carbocycles. The van der Waals surface area contributed by atoms with E-state index in [0.717, 1.165) is 32.6 Å². The van der Waals surface area contributed by atoms with Crippen LogP contribution in [0.15, 0.2) is 24.4 Å². The summed E-state index contributed by atoms with van der Waals surface area (Å²) in [6.07, 6.45) is 3.95. The number of aromatic nitrogens is 2. The zero-order valence-electron chi connectivity index (χ0n) is 21.6. The number of urea groups is 1. The maximum absolute atomic E-state index is 12.9. The van der Waals surface area contributed by atoms with Crippen LogP contribution in [0.1, 0.15) is 34.5 Å². The second-order valence-corrected chi connectivity index (χ2v) is 9.54. The van der Waals surface area contributed by atoms with Crippen LogP contribution in [0.5, 0.6) is 0 Å². The van der Waals surface area contributed by atoms with Crippen molar-refractivity contribution in [3.8, 4) is 6.07 Å². The molecule has 0 spiro atoms. The molecule has 0 bridgehead atoms. The van der Waals surface area contributed by atoms with E-state index < -0.39 is 6.03 Å². The molecule has 12 nitrogen and oxygen atoms in total. The van der Waals surface area contributed by atoms with Crippen LogP contribution >= 0.6 is 0 Å². The third-order valence-corrected chi connectivity index (χ3v) is 6.81. The summed E-state index contributed by atoms with van der Waals surface area (Å²) in [4.78, 5) is 50.5. The molecule has 38 heavy (non-hydrogen) atoms. The number of nitrogens with zero attached hydrogens (tertiary/aromatic N) is 6. The van der Waals surface area contributed by atoms with Crippen molar-refractivity contribution in [2.24, 2.45) is 5.92 Å². The van der Waals surface area contributed by atoms with Crippen LogP contribution in [0.4, 0.5) is 22.1 Å². The molecule has 0 unspecified atom stereocenters. The first kappa shape index (κ1) is 27.0. The number of pyridine rings is 2. The van der Waals surface area contributed by atoms with Gasteiger partial charge in [-0.2, -0.15) is 5.26 Å². The van der Waals surface area contributed by atoms with Gasteiger partial charge in [0.2, 0.25) is 5.91 Å². The minimum absolute atomic E-state index is 0.00676. The molecule has 0 aromatic carbocycles. The number of hydrogen-bond donors (Lipinski definition) is 2. The van der Waals surface area contributed by atoms with E-state index in [9.17, 15) is 19.6 Å². The monoisotopic (exact) mass is 520 g/mol. The number of rotatable bonds is 8. The summed E-state index contributed by atoms with van der Waals surface area (Å²) in [6, 6.07) is 6.58. The van der Waals surface area contributed by atoms with Crippen molar-refractivity contribution in [3.05, 3.63) is 41.2 Å². The first-order valence-electron chi connectivity index (χ1n) is 12.6. The smallest absolute Gasteiger partial charge is 0.328 e. The summed E-state index contributed by atoms with van der Waals surface area (Å²) in [5, 5.41) is 15.5. The fourth-order valence-electron chi connectivity index (χ4n) is 4.38. The number of hydrogen-bond acceptors (Lipinski definition) is 9. The molecular weight excluding hydrogens is 488 g/mol. The molecule has 2 aliphatic rings. The van der Waals surface area contributed by atoms with Crippen LogP contribution in [-0.4, -0.2) is 91.5 Å². The molecule has 2 aromatic heterocycles. The minimum atomic E-state index is -0.510. The number of anilines is 3. The van der Waals surface area contributed by atoms with Crippen LogP contribution in [0.25, 0.3) is 0 Å². The minimum Gasteiger partial charge on any atom is -0.384 e. The van der Waals surface area contributed by atoms with Gasteiger partial charge < -0.3 is 15.0 Å². The Morgan fingerprint density at radius 3 is 2.82 bits per heavy atom. The lowest BCUT2D eigenvalue weighted by molar-refractivity contribution is -0.136. The normalized spacial score (nSPS) is 16.6. The van der Waals surface area contributed by atoms with Gasteiger partial charge in [-0.3, -0.25) is 24.7 Å². The summed E-state index contributed by atoms with van der Waals surface area (Å²) in [7, 11) is 3.42. The summed E-state index contributed by atoms with van der Waals surface area (Å²) in [5.74, 6) is 0.983. The van der Waals surface area contributed by atoms with Crippen LogP contribution in [0.3, 0.4) is 0 Å². The standard InChI is InChI=1S/C26H32N8O4/c1-32-7-8-34(25(36)16-32)15-19-3-4-24(30-22(19)17-35)33(2)26(37)31-23-11-21(20(12-27)14-29-23)28-13-18-5-9-38-10-6-18/h3-4,11,14,17-18H,5-10,13,15-16H2,1-2H3,(H2,28,29,31,37). The highest BCUT2D eigenvalue weighted by Gasteiger charge is 2.23. The molecule has 2 saturated heterocycles. The van der Waals surface area contributed by atoms with Gasteiger partial charge in [-0.05, 0) is 31.9 Å². The summed E-state index contributed by atoms with van der Waals surface area (Å²) < 4.78 is 5.40. The number of piperazine rings is 1. The van der Waals surface area contributed by atoms with Crippen molar-refractivity contribution < 1.29 is 19.1 Å². The topological polar surface area (TPSA) is 144 Å². The van der Waals surface area contributed by atoms with Gasteiger partial charge in [0, 0.05) is 64.3 Å². The van der Waals surface area contributed by atoms with E-state index in [1.807, 2.05) is 11.9 Å². The highest BCUT2D eigenvalue weighted by molar-refractivity contribution is 6.00. The number of carbonyl (C=O) groups is 3. The van der Waals surface area contributed by atoms with Gasteiger partial charge in [-0.15, -0.1) is 0 Å². The van der Waals surface area contributed by atoms with E-state index in [1.54, 1.807) is 23.1 Å². The van der Waals surface area contributed by atoms with E-state index >= 15 is 0 Å². The molecule has 3 amide bonds. The third-order valence-electron chi connectivity index (χ3n) is 6.81. The summed E-state index contributed by atoms with van der Waals surface area (Å²) in [5.41, 5.74) is 1.76. The van der Waals surface area contributed by atoms with Gasteiger partial charge in [0.05, 0.1) is 17.8 Å². The lowest BCUT2D eigenvalue weighted by Crippen LogP contribution is -2.48. The maximum atomic E-state index is 12.9. The number of nitriles is 1. The zero-order valence-corrected chi connectivity index (χ0v) is 21.6. The first-order valence-corrected chi connectivity index (χ1v) is 12.6. The number of carbonyl (C=O) groups excluding carboxylic acids is 3. The second-order valence-electron chi connectivity index (χ2n) is 9.54. The predicted molar refractivity (Wildman–Crippen MR) is 141 cm³/mol. The number of aldehydes is 1. The van der Waals surface area contributed by atoms with Crippen molar-refractivity contribution in [1.82, 2.24) is 19.8 Å². The number of likely N-dealkylation sites (N-methyl/N-ethyl adjacent to an activating group) is 1. The lowest BCUT2D eigenvalue weighted by atomic mass is 10.0. The number of nitrogens with one attached hydrogen (secondary N) is 2.